The van der Waals surface area contributed by atoms with E-state index in [9.17, 15) is 13.6 Å². The molecule has 1 heterocycles. The van der Waals surface area contributed by atoms with Crippen LogP contribution in [0.2, 0.25) is 0 Å². The van der Waals surface area contributed by atoms with Gasteiger partial charge in [-0.05, 0) is 91.4 Å². The SMILES string of the molecule is Cc1cc(F)ccc1-n1ncc2cc(-c3cc(C(=O)NC4CC4)cc(F)c3C)ccc21. The maximum absolute atomic E-state index is 14.6. The monoisotopic (exact) mass is 417 g/mol. The van der Waals surface area contributed by atoms with E-state index in [-0.39, 0.29) is 17.8 Å². The number of carbonyl (C=O) groups excluding carboxylic acids is 1. The zero-order chi connectivity index (χ0) is 21.7. The van der Waals surface area contributed by atoms with Crippen LogP contribution in [0.4, 0.5) is 8.78 Å². The molecule has 1 aromatic heterocycles. The minimum atomic E-state index is -0.406. The summed E-state index contributed by atoms with van der Waals surface area (Å²) < 4.78 is 29.9. The Morgan fingerprint density at radius 3 is 2.61 bits per heavy atom. The Morgan fingerprint density at radius 2 is 1.87 bits per heavy atom. The van der Waals surface area contributed by atoms with Gasteiger partial charge >= 0.3 is 0 Å². The first-order chi connectivity index (χ1) is 14.9. The maximum Gasteiger partial charge on any atom is 0.251 e. The molecule has 0 spiro atoms. The van der Waals surface area contributed by atoms with Gasteiger partial charge in [-0.2, -0.15) is 5.10 Å². The van der Waals surface area contributed by atoms with E-state index in [2.05, 4.69) is 10.4 Å². The summed E-state index contributed by atoms with van der Waals surface area (Å²) in [4.78, 5) is 12.5. The quantitative estimate of drug-likeness (QED) is 0.478. The highest BCUT2D eigenvalue weighted by Crippen LogP contribution is 2.31. The maximum atomic E-state index is 14.6. The molecular weight excluding hydrogens is 396 g/mol. The zero-order valence-corrected chi connectivity index (χ0v) is 17.2. The van der Waals surface area contributed by atoms with Crippen molar-refractivity contribution < 1.29 is 13.6 Å². The van der Waals surface area contributed by atoms with Crippen molar-refractivity contribution in [2.45, 2.75) is 32.7 Å². The van der Waals surface area contributed by atoms with Gasteiger partial charge in [0.2, 0.25) is 0 Å². The van der Waals surface area contributed by atoms with Gasteiger partial charge in [0.1, 0.15) is 11.6 Å². The molecule has 0 bridgehead atoms. The van der Waals surface area contributed by atoms with Crippen molar-refractivity contribution >= 4 is 16.8 Å². The Bertz CT molecular complexity index is 1340. The van der Waals surface area contributed by atoms with Crippen molar-refractivity contribution in [1.29, 1.82) is 0 Å². The summed E-state index contributed by atoms with van der Waals surface area (Å²) >= 11 is 0. The molecular formula is C25H21F2N3O. The van der Waals surface area contributed by atoms with Gasteiger partial charge in [0.05, 0.1) is 17.4 Å². The molecule has 0 atom stereocenters. The first-order valence-corrected chi connectivity index (χ1v) is 10.3. The molecule has 4 nitrogen and oxygen atoms in total. The average Bonchev–Trinajstić information content (AvgIpc) is 3.46. The van der Waals surface area contributed by atoms with Gasteiger partial charge in [-0.3, -0.25) is 4.79 Å². The minimum Gasteiger partial charge on any atom is -0.349 e. The van der Waals surface area contributed by atoms with Gasteiger partial charge < -0.3 is 5.32 Å². The predicted octanol–water partition coefficient (Wildman–Crippen LogP) is 5.48. The van der Waals surface area contributed by atoms with E-state index in [1.54, 1.807) is 29.9 Å². The molecule has 156 valence electrons. The van der Waals surface area contributed by atoms with Gasteiger partial charge in [-0.1, -0.05) is 6.07 Å². The molecule has 1 N–H and O–H groups in total. The number of hydrogen-bond donors (Lipinski definition) is 1. The number of amides is 1. The minimum absolute atomic E-state index is 0.206. The lowest BCUT2D eigenvalue weighted by Gasteiger charge is -2.12. The second-order valence-electron chi connectivity index (χ2n) is 8.14. The molecule has 6 heteroatoms. The van der Waals surface area contributed by atoms with Crippen LogP contribution in [0.25, 0.3) is 27.7 Å². The van der Waals surface area contributed by atoms with Crippen LogP contribution in [-0.4, -0.2) is 21.7 Å². The molecule has 3 aromatic carbocycles. The molecule has 0 unspecified atom stereocenters. The second kappa shape index (κ2) is 7.30. The third kappa shape index (κ3) is 3.58. The summed E-state index contributed by atoms with van der Waals surface area (Å²) in [5, 5.41) is 8.25. The van der Waals surface area contributed by atoms with Crippen molar-refractivity contribution in [3.8, 4) is 16.8 Å². The Kier molecular flexibility index (Phi) is 4.58. The van der Waals surface area contributed by atoms with Crippen LogP contribution in [0, 0.1) is 25.5 Å². The highest BCUT2D eigenvalue weighted by atomic mass is 19.1. The fourth-order valence-electron chi connectivity index (χ4n) is 3.86. The van der Waals surface area contributed by atoms with Crippen LogP contribution in [0.5, 0.6) is 0 Å². The Labute approximate surface area is 178 Å². The van der Waals surface area contributed by atoms with Gasteiger partial charge in [-0.15, -0.1) is 0 Å². The van der Waals surface area contributed by atoms with Crippen LogP contribution >= 0.6 is 0 Å². The zero-order valence-electron chi connectivity index (χ0n) is 17.2. The topological polar surface area (TPSA) is 46.9 Å². The molecule has 1 aliphatic rings. The smallest absolute Gasteiger partial charge is 0.251 e. The number of aryl methyl sites for hydroxylation is 1. The number of carbonyl (C=O) groups is 1. The van der Waals surface area contributed by atoms with E-state index in [1.165, 1.54) is 18.2 Å². The summed E-state index contributed by atoms with van der Waals surface area (Å²) in [6.07, 6.45) is 3.68. The number of fused-ring (bicyclic) bond motifs is 1. The normalized spacial score (nSPS) is 13.5. The lowest BCUT2D eigenvalue weighted by atomic mass is 9.96. The third-order valence-electron chi connectivity index (χ3n) is 5.79. The second-order valence-corrected chi connectivity index (χ2v) is 8.14. The number of hydrogen-bond acceptors (Lipinski definition) is 2. The van der Waals surface area contributed by atoms with Crippen molar-refractivity contribution in [2.24, 2.45) is 0 Å². The first-order valence-electron chi connectivity index (χ1n) is 10.3. The number of nitrogens with zero attached hydrogens (tertiary/aromatic N) is 2. The molecule has 1 fully saturated rings. The summed E-state index contributed by atoms with van der Waals surface area (Å²) in [7, 11) is 0. The van der Waals surface area contributed by atoms with Crippen molar-refractivity contribution in [2.75, 3.05) is 0 Å². The number of aromatic nitrogens is 2. The Hall–Kier alpha value is -3.54. The van der Waals surface area contributed by atoms with Gasteiger partial charge in [0.25, 0.3) is 5.91 Å². The van der Waals surface area contributed by atoms with Gasteiger partial charge in [-0.25, -0.2) is 13.5 Å². The number of halogens is 2. The van der Waals surface area contributed by atoms with Crippen LogP contribution < -0.4 is 5.32 Å². The van der Waals surface area contributed by atoms with Gasteiger partial charge in [0, 0.05) is 17.0 Å². The number of rotatable bonds is 4. The van der Waals surface area contributed by atoms with Crippen LogP contribution in [0.1, 0.15) is 34.3 Å². The highest BCUT2D eigenvalue weighted by molar-refractivity contribution is 5.96. The van der Waals surface area contributed by atoms with E-state index >= 15 is 0 Å². The Morgan fingerprint density at radius 1 is 1.06 bits per heavy atom. The number of nitrogens with one attached hydrogen (secondary N) is 1. The molecule has 31 heavy (non-hydrogen) atoms. The van der Waals surface area contributed by atoms with E-state index in [0.29, 0.717) is 16.7 Å². The Balaban J connectivity index is 1.57. The van der Waals surface area contributed by atoms with E-state index < -0.39 is 5.82 Å². The van der Waals surface area contributed by atoms with Crippen molar-refractivity contribution in [1.82, 2.24) is 15.1 Å². The fourth-order valence-corrected chi connectivity index (χ4v) is 3.86. The first kappa shape index (κ1) is 19.4. The largest absolute Gasteiger partial charge is 0.349 e. The van der Waals surface area contributed by atoms with Crippen molar-refractivity contribution in [3.63, 3.8) is 0 Å². The summed E-state index contributed by atoms with van der Waals surface area (Å²) in [6.45, 7) is 3.55. The van der Waals surface area contributed by atoms with Gasteiger partial charge in [0.15, 0.2) is 0 Å². The summed E-state index contributed by atoms with van der Waals surface area (Å²) in [5.74, 6) is -0.942. The standard InChI is InChI=1S/C25H21F2N3O/c1-14-9-19(26)4-8-23(14)30-24-7-3-16(10-18(24)13-28-30)21-11-17(12-22(27)15(21)2)25(31)29-20-5-6-20/h3-4,7-13,20H,5-6H2,1-2H3,(H,29,31). The summed E-state index contributed by atoms with van der Waals surface area (Å²) in [6, 6.07) is 13.6. The van der Waals surface area contributed by atoms with Crippen LogP contribution in [0.15, 0.2) is 54.7 Å². The summed E-state index contributed by atoms with van der Waals surface area (Å²) in [5.41, 5.74) is 4.73. The predicted molar refractivity (Wildman–Crippen MR) is 116 cm³/mol. The van der Waals surface area contributed by atoms with E-state index in [4.69, 9.17) is 0 Å². The molecule has 5 rings (SSSR count). The number of benzene rings is 3. The average molecular weight is 417 g/mol. The highest BCUT2D eigenvalue weighted by Gasteiger charge is 2.24. The van der Waals surface area contributed by atoms with Crippen LogP contribution in [-0.2, 0) is 0 Å². The molecule has 1 aliphatic carbocycles. The third-order valence-corrected chi connectivity index (χ3v) is 5.79. The molecule has 1 saturated carbocycles. The molecule has 0 saturated heterocycles. The fraction of sp³-hybridized carbons (Fsp3) is 0.200. The lowest BCUT2D eigenvalue weighted by molar-refractivity contribution is 0.0950. The van der Waals surface area contributed by atoms with Crippen molar-refractivity contribution in [3.05, 3.63) is 83.1 Å². The molecule has 1 amide bonds. The molecule has 0 aliphatic heterocycles. The van der Waals surface area contributed by atoms with Crippen LogP contribution in [0.3, 0.4) is 0 Å². The lowest BCUT2D eigenvalue weighted by Crippen LogP contribution is -2.25. The molecule has 0 radical (unpaired) electrons. The van der Waals surface area contributed by atoms with E-state index in [0.717, 1.165) is 40.6 Å². The van der Waals surface area contributed by atoms with E-state index in [1.807, 2.05) is 25.1 Å². The molecule has 4 aromatic rings.